The second kappa shape index (κ2) is 6.67. The molecule has 1 heterocycles. The fraction of sp³-hybridized carbons (Fsp3) is 0.286. The topological polar surface area (TPSA) is 77.8 Å². The molecule has 21 heavy (non-hydrogen) atoms. The summed E-state index contributed by atoms with van der Waals surface area (Å²) in [6, 6.07) is 7.13. The molecule has 0 aliphatic heterocycles. The molecule has 0 radical (unpaired) electrons. The highest BCUT2D eigenvalue weighted by molar-refractivity contribution is 7.89. The van der Waals surface area contributed by atoms with Gasteiger partial charge in [-0.3, -0.25) is 0 Å². The Balaban J connectivity index is 2.65. The summed E-state index contributed by atoms with van der Waals surface area (Å²) in [5.41, 5.74) is 0. The van der Waals surface area contributed by atoms with Crippen LogP contribution < -0.4 is 0 Å². The van der Waals surface area contributed by atoms with Gasteiger partial charge < -0.3 is 10.2 Å². The molecule has 0 bridgehead atoms. The molecule has 5 nitrogen and oxygen atoms in total. The highest BCUT2D eigenvalue weighted by Crippen LogP contribution is 2.36. The van der Waals surface area contributed by atoms with Crippen molar-refractivity contribution in [1.82, 2.24) is 4.31 Å². The predicted octanol–water partition coefficient (Wildman–Crippen LogP) is 1.56. The Bertz CT molecular complexity index is 737. The SMILES string of the molecule is C=CCN(CCO)S(=O)(=O)c1c(CO)sc2ccccc12. The molecule has 2 rings (SSSR count). The van der Waals surface area contributed by atoms with Crippen molar-refractivity contribution in [3.05, 3.63) is 41.8 Å². The van der Waals surface area contributed by atoms with Gasteiger partial charge in [-0.05, 0) is 6.07 Å². The van der Waals surface area contributed by atoms with Crippen LogP contribution in [0.4, 0.5) is 0 Å². The number of benzene rings is 1. The molecular formula is C14H17NO4S2. The number of rotatable bonds is 7. The Labute approximate surface area is 127 Å². The van der Waals surface area contributed by atoms with E-state index in [0.29, 0.717) is 10.3 Å². The van der Waals surface area contributed by atoms with Crippen LogP contribution in [-0.2, 0) is 16.6 Å². The third-order valence-corrected chi connectivity index (χ3v) is 6.32. The van der Waals surface area contributed by atoms with Crippen LogP contribution in [0.3, 0.4) is 0 Å². The van der Waals surface area contributed by atoms with E-state index in [1.54, 1.807) is 12.1 Å². The highest BCUT2D eigenvalue weighted by atomic mass is 32.2. The van der Waals surface area contributed by atoms with Crippen LogP contribution in [-0.4, -0.2) is 42.6 Å². The molecule has 7 heteroatoms. The molecule has 0 aliphatic rings. The number of nitrogens with zero attached hydrogens (tertiary/aromatic N) is 1. The summed E-state index contributed by atoms with van der Waals surface area (Å²) in [4.78, 5) is 0.532. The number of aliphatic hydroxyl groups is 2. The molecule has 0 atom stereocenters. The van der Waals surface area contributed by atoms with Crippen molar-refractivity contribution in [3.63, 3.8) is 0 Å². The van der Waals surface area contributed by atoms with Crippen molar-refractivity contribution < 1.29 is 18.6 Å². The Morgan fingerprint density at radius 2 is 2.00 bits per heavy atom. The zero-order valence-corrected chi connectivity index (χ0v) is 13.0. The van der Waals surface area contributed by atoms with E-state index in [9.17, 15) is 13.5 Å². The van der Waals surface area contributed by atoms with Gasteiger partial charge in [-0.1, -0.05) is 24.3 Å². The molecule has 0 saturated carbocycles. The second-order valence-electron chi connectivity index (χ2n) is 4.38. The smallest absolute Gasteiger partial charge is 0.245 e. The fourth-order valence-electron chi connectivity index (χ4n) is 2.15. The summed E-state index contributed by atoms with van der Waals surface area (Å²) in [5.74, 6) is 0. The second-order valence-corrected chi connectivity index (χ2v) is 7.40. The largest absolute Gasteiger partial charge is 0.395 e. The number of fused-ring (bicyclic) bond motifs is 1. The molecule has 0 fully saturated rings. The first-order valence-corrected chi connectivity index (χ1v) is 8.65. The molecule has 0 saturated heterocycles. The Kier molecular flexibility index (Phi) is 5.13. The minimum absolute atomic E-state index is 0.0105. The van der Waals surface area contributed by atoms with E-state index in [1.165, 1.54) is 17.4 Å². The zero-order valence-electron chi connectivity index (χ0n) is 11.4. The Hall–Kier alpha value is -1.25. The number of aliphatic hydroxyl groups excluding tert-OH is 2. The summed E-state index contributed by atoms with van der Waals surface area (Å²) in [7, 11) is -3.80. The molecule has 0 amide bonds. The molecule has 0 unspecified atom stereocenters. The van der Waals surface area contributed by atoms with Crippen molar-refractivity contribution in [2.75, 3.05) is 19.7 Å². The Morgan fingerprint density at radius 1 is 1.29 bits per heavy atom. The number of hydrogen-bond donors (Lipinski definition) is 2. The lowest BCUT2D eigenvalue weighted by Gasteiger charge is -2.20. The van der Waals surface area contributed by atoms with Gasteiger partial charge in [0.25, 0.3) is 0 Å². The van der Waals surface area contributed by atoms with Crippen LogP contribution in [0.5, 0.6) is 0 Å². The quantitative estimate of drug-likeness (QED) is 0.757. The highest BCUT2D eigenvalue weighted by Gasteiger charge is 2.29. The van der Waals surface area contributed by atoms with Gasteiger partial charge in [-0.15, -0.1) is 17.9 Å². The van der Waals surface area contributed by atoms with Crippen molar-refractivity contribution in [2.45, 2.75) is 11.5 Å². The maximum Gasteiger partial charge on any atom is 0.245 e. The van der Waals surface area contributed by atoms with Crippen molar-refractivity contribution in [2.24, 2.45) is 0 Å². The van der Waals surface area contributed by atoms with Crippen molar-refractivity contribution >= 4 is 31.4 Å². The summed E-state index contributed by atoms with van der Waals surface area (Å²) < 4.78 is 27.6. The summed E-state index contributed by atoms with van der Waals surface area (Å²) >= 11 is 1.26. The number of sulfonamides is 1. The molecule has 0 spiro atoms. The fourth-order valence-corrected chi connectivity index (χ4v) is 5.31. The molecule has 1 aromatic carbocycles. The molecule has 2 aromatic rings. The number of hydrogen-bond acceptors (Lipinski definition) is 5. The van der Waals surface area contributed by atoms with Gasteiger partial charge in [0.05, 0.1) is 18.1 Å². The Morgan fingerprint density at radius 3 is 2.62 bits per heavy atom. The lowest BCUT2D eigenvalue weighted by molar-refractivity contribution is 0.259. The van der Waals surface area contributed by atoms with E-state index < -0.39 is 10.0 Å². The van der Waals surface area contributed by atoms with E-state index in [4.69, 9.17) is 5.11 Å². The molecular weight excluding hydrogens is 310 g/mol. The van der Waals surface area contributed by atoms with E-state index >= 15 is 0 Å². The van der Waals surface area contributed by atoms with Gasteiger partial charge >= 0.3 is 0 Å². The van der Waals surface area contributed by atoms with Crippen LogP contribution in [0, 0.1) is 0 Å². The third kappa shape index (κ3) is 3.02. The van der Waals surface area contributed by atoms with Gasteiger partial charge in [0.15, 0.2) is 0 Å². The van der Waals surface area contributed by atoms with Gasteiger partial charge in [0.1, 0.15) is 4.90 Å². The minimum Gasteiger partial charge on any atom is -0.395 e. The minimum atomic E-state index is -3.80. The average Bonchev–Trinajstić information content (AvgIpc) is 2.86. The number of thiophene rings is 1. The monoisotopic (exact) mass is 327 g/mol. The van der Waals surface area contributed by atoms with E-state index in [-0.39, 0.29) is 31.2 Å². The third-order valence-electron chi connectivity index (χ3n) is 3.04. The van der Waals surface area contributed by atoms with Gasteiger partial charge in [0.2, 0.25) is 10.0 Å². The molecule has 114 valence electrons. The molecule has 1 aromatic heterocycles. The first-order valence-electron chi connectivity index (χ1n) is 6.39. The zero-order chi connectivity index (χ0) is 15.5. The van der Waals surface area contributed by atoms with Crippen LogP contribution in [0.2, 0.25) is 0 Å². The van der Waals surface area contributed by atoms with Crippen molar-refractivity contribution in [1.29, 1.82) is 0 Å². The van der Waals surface area contributed by atoms with Crippen LogP contribution in [0.25, 0.3) is 10.1 Å². The maximum atomic E-state index is 12.8. The van der Waals surface area contributed by atoms with Gasteiger partial charge in [0, 0.05) is 23.2 Å². The van der Waals surface area contributed by atoms with Gasteiger partial charge in [-0.25, -0.2) is 8.42 Å². The van der Waals surface area contributed by atoms with Crippen LogP contribution in [0.15, 0.2) is 41.8 Å². The van der Waals surface area contributed by atoms with Gasteiger partial charge in [-0.2, -0.15) is 4.31 Å². The maximum absolute atomic E-state index is 12.8. The van der Waals surface area contributed by atoms with E-state index in [0.717, 1.165) is 9.01 Å². The normalized spacial score (nSPS) is 12.1. The molecule has 2 N–H and O–H groups in total. The lowest BCUT2D eigenvalue weighted by atomic mass is 10.2. The summed E-state index contributed by atoms with van der Waals surface area (Å²) in [6.07, 6.45) is 1.47. The predicted molar refractivity (Wildman–Crippen MR) is 83.8 cm³/mol. The van der Waals surface area contributed by atoms with Crippen molar-refractivity contribution in [3.8, 4) is 0 Å². The van der Waals surface area contributed by atoms with Crippen LogP contribution in [0.1, 0.15) is 4.88 Å². The first-order chi connectivity index (χ1) is 10.1. The first kappa shape index (κ1) is 16.1. The summed E-state index contributed by atoms with van der Waals surface area (Å²) in [5, 5.41) is 19.2. The van der Waals surface area contributed by atoms with E-state index in [1.807, 2.05) is 12.1 Å². The van der Waals surface area contributed by atoms with Crippen LogP contribution >= 0.6 is 11.3 Å². The summed E-state index contributed by atoms with van der Waals surface area (Å²) in [6.45, 7) is 3.03. The van der Waals surface area contributed by atoms with E-state index in [2.05, 4.69) is 6.58 Å². The average molecular weight is 327 g/mol. The standard InChI is InChI=1S/C14H17NO4S2/c1-2-7-15(8-9-16)21(18,19)14-11-5-3-4-6-12(11)20-13(14)10-17/h2-6,16-17H,1,7-10H2. The lowest BCUT2D eigenvalue weighted by Crippen LogP contribution is -2.34. The molecule has 0 aliphatic carbocycles.